The highest BCUT2D eigenvalue weighted by Gasteiger charge is 2.13. The zero-order valence-corrected chi connectivity index (χ0v) is 18.0. The van der Waals surface area contributed by atoms with Crippen LogP contribution < -0.4 is 0 Å². The van der Waals surface area contributed by atoms with Gasteiger partial charge in [0.15, 0.2) is 0 Å². The van der Waals surface area contributed by atoms with Crippen molar-refractivity contribution in [3.05, 3.63) is 72.1 Å². The van der Waals surface area contributed by atoms with Gasteiger partial charge in [0.25, 0.3) is 0 Å². The highest BCUT2D eigenvalue weighted by molar-refractivity contribution is 5.87. The van der Waals surface area contributed by atoms with Crippen LogP contribution in [0.5, 0.6) is 0 Å². The van der Waals surface area contributed by atoms with E-state index in [0.29, 0.717) is 0 Å². The van der Waals surface area contributed by atoms with Gasteiger partial charge in [0, 0.05) is 53.7 Å². The minimum atomic E-state index is 1.00. The Morgan fingerprint density at radius 1 is 0.586 bits per heavy atom. The lowest BCUT2D eigenvalue weighted by Gasteiger charge is -2.03. The Balaban J connectivity index is 1.67. The molecular formula is C27H34N2. The third-order valence-electron chi connectivity index (χ3n) is 6.13. The van der Waals surface area contributed by atoms with Crippen molar-refractivity contribution >= 4 is 21.8 Å². The van der Waals surface area contributed by atoms with Crippen LogP contribution in [0.15, 0.2) is 60.9 Å². The van der Waals surface area contributed by atoms with Gasteiger partial charge in [-0.2, -0.15) is 0 Å². The monoisotopic (exact) mass is 386 g/mol. The van der Waals surface area contributed by atoms with Crippen LogP contribution in [0.2, 0.25) is 0 Å². The van der Waals surface area contributed by atoms with Crippen molar-refractivity contribution in [1.29, 1.82) is 0 Å². The molecule has 4 aromatic rings. The molecule has 152 valence electrons. The minimum absolute atomic E-state index is 1.00. The molecule has 0 N–H and O–H groups in total. The molecule has 0 radical (unpaired) electrons. The number of nitrogens with zero attached hydrogens (tertiary/aromatic N) is 2. The summed E-state index contributed by atoms with van der Waals surface area (Å²) in [5, 5.41) is 2.82. The van der Waals surface area contributed by atoms with Gasteiger partial charge in [0.2, 0.25) is 0 Å². The van der Waals surface area contributed by atoms with E-state index in [-0.39, 0.29) is 0 Å². The van der Waals surface area contributed by atoms with Crippen molar-refractivity contribution in [2.45, 2.75) is 71.9 Å². The largest absolute Gasteiger partial charge is 0.347 e. The maximum absolute atomic E-state index is 2.47. The lowest BCUT2D eigenvalue weighted by molar-refractivity contribution is 0.614. The molecule has 0 saturated carbocycles. The minimum Gasteiger partial charge on any atom is -0.347 e. The third-order valence-corrected chi connectivity index (χ3v) is 6.13. The fourth-order valence-corrected chi connectivity index (χ4v) is 4.57. The molecule has 29 heavy (non-hydrogen) atoms. The summed E-state index contributed by atoms with van der Waals surface area (Å²) in [6, 6.07) is 17.8. The molecule has 0 amide bonds. The van der Waals surface area contributed by atoms with Gasteiger partial charge in [0.05, 0.1) is 0 Å². The predicted molar refractivity (Wildman–Crippen MR) is 126 cm³/mol. The molecule has 0 aliphatic rings. The summed E-state index contributed by atoms with van der Waals surface area (Å²) >= 11 is 0. The van der Waals surface area contributed by atoms with Crippen molar-refractivity contribution in [3.8, 4) is 0 Å². The van der Waals surface area contributed by atoms with Crippen molar-refractivity contribution in [2.24, 2.45) is 0 Å². The molecule has 0 unspecified atom stereocenters. The van der Waals surface area contributed by atoms with Gasteiger partial charge in [-0.25, -0.2) is 0 Å². The van der Waals surface area contributed by atoms with Gasteiger partial charge in [-0.1, -0.05) is 75.9 Å². The highest BCUT2D eigenvalue weighted by Crippen LogP contribution is 2.29. The second-order valence-electron chi connectivity index (χ2n) is 8.32. The van der Waals surface area contributed by atoms with Crippen molar-refractivity contribution in [2.75, 3.05) is 0 Å². The molecule has 2 aromatic heterocycles. The van der Waals surface area contributed by atoms with Gasteiger partial charge < -0.3 is 9.13 Å². The van der Waals surface area contributed by atoms with E-state index < -0.39 is 0 Å². The van der Waals surface area contributed by atoms with Gasteiger partial charge in [-0.15, -0.1) is 0 Å². The average Bonchev–Trinajstić information content (AvgIpc) is 3.28. The summed E-state index contributed by atoms with van der Waals surface area (Å²) in [5.41, 5.74) is 5.66. The number of para-hydroxylation sites is 2. The number of benzene rings is 2. The average molecular weight is 387 g/mol. The predicted octanol–water partition coefficient (Wildman–Crippen LogP) is 7.57. The molecular weight excluding hydrogens is 352 g/mol. The molecule has 2 heteroatoms. The Kier molecular flexibility index (Phi) is 6.39. The molecule has 0 spiro atoms. The summed E-state index contributed by atoms with van der Waals surface area (Å²) in [7, 11) is 0. The first kappa shape index (κ1) is 19.8. The number of unbranched alkanes of at least 4 members (excludes halogenated alkanes) is 4. The van der Waals surface area contributed by atoms with Gasteiger partial charge >= 0.3 is 0 Å². The van der Waals surface area contributed by atoms with Crippen molar-refractivity contribution < 1.29 is 0 Å². The first-order chi connectivity index (χ1) is 14.3. The third kappa shape index (κ3) is 4.27. The van der Waals surface area contributed by atoms with Crippen molar-refractivity contribution in [1.82, 2.24) is 9.13 Å². The Morgan fingerprint density at radius 2 is 1.03 bits per heavy atom. The van der Waals surface area contributed by atoms with E-state index in [9.17, 15) is 0 Å². The van der Waals surface area contributed by atoms with E-state index in [2.05, 4.69) is 83.9 Å². The van der Waals surface area contributed by atoms with Crippen LogP contribution >= 0.6 is 0 Å². The van der Waals surface area contributed by atoms with E-state index >= 15 is 0 Å². The molecule has 0 aliphatic carbocycles. The quantitative estimate of drug-likeness (QED) is 0.249. The fourth-order valence-electron chi connectivity index (χ4n) is 4.57. The molecule has 4 rings (SSSR count). The SMILES string of the molecule is CCCCCn1cc(Cc2cn(CCCCC)c3ccccc23)c2ccccc21. The first-order valence-electron chi connectivity index (χ1n) is 11.4. The van der Waals surface area contributed by atoms with E-state index in [1.165, 1.54) is 71.5 Å². The topological polar surface area (TPSA) is 9.86 Å². The maximum Gasteiger partial charge on any atom is 0.0483 e. The Labute approximate surface area is 175 Å². The summed E-state index contributed by atoms with van der Waals surface area (Å²) in [4.78, 5) is 0. The molecule has 2 aromatic carbocycles. The van der Waals surface area contributed by atoms with E-state index in [0.717, 1.165) is 19.5 Å². The van der Waals surface area contributed by atoms with Gasteiger partial charge in [-0.05, 0) is 36.1 Å². The summed E-state index contributed by atoms with van der Waals surface area (Å²) < 4.78 is 4.95. The highest BCUT2D eigenvalue weighted by atomic mass is 15.0. The number of fused-ring (bicyclic) bond motifs is 2. The standard InChI is InChI=1S/C27H34N2/c1-3-5-11-17-28-20-22(24-13-7-9-15-26(24)28)19-23-21-29(18-12-6-4-2)27-16-10-8-14-25(23)27/h7-10,13-16,20-21H,3-6,11-12,17-19H2,1-2H3. The van der Waals surface area contributed by atoms with Crippen LogP contribution in [0.3, 0.4) is 0 Å². The first-order valence-corrected chi connectivity index (χ1v) is 11.4. The summed E-state index contributed by atoms with van der Waals surface area (Å²) in [5.74, 6) is 0. The summed E-state index contributed by atoms with van der Waals surface area (Å²) in [6.45, 7) is 6.78. The Morgan fingerprint density at radius 3 is 1.48 bits per heavy atom. The second-order valence-corrected chi connectivity index (χ2v) is 8.32. The molecule has 0 aliphatic heterocycles. The second kappa shape index (κ2) is 9.35. The number of hydrogen-bond donors (Lipinski definition) is 0. The molecule has 0 fully saturated rings. The van der Waals surface area contributed by atoms with Crippen LogP contribution in [0, 0.1) is 0 Å². The normalized spacial score (nSPS) is 11.7. The Bertz CT molecular complexity index is 981. The van der Waals surface area contributed by atoms with E-state index in [4.69, 9.17) is 0 Å². The zero-order valence-electron chi connectivity index (χ0n) is 18.0. The lowest BCUT2D eigenvalue weighted by Crippen LogP contribution is -1.96. The maximum atomic E-state index is 2.47. The number of hydrogen-bond acceptors (Lipinski definition) is 0. The van der Waals surface area contributed by atoms with Gasteiger partial charge in [-0.3, -0.25) is 0 Å². The molecule has 0 saturated heterocycles. The molecule has 0 atom stereocenters. The van der Waals surface area contributed by atoms with Crippen LogP contribution in [0.1, 0.15) is 63.5 Å². The lowest BCUT2D eigenvalue weighted by atomic mass is 10.0. The van der Waals surface area contributed by atoms with Crippen LogP contribution in [0.25, 0.3) is 21.8 Å². The van der Waals surface area contributed by atoms with Crippen LogP contribution in [-0.2, 0) is 19.5 Å². The smallest absolute Gasteiger partial charge is 0.0483 e. The van der Waals surface area contributed by atoms with Crippen molar-refractivity contribution in [3.63, 3.8) is 0 Å². The molecule has 2 nitrogen and oxygen atoms in total. The molecule has 0 bridgehead atoms. The van der Waals surface area contributed by atoms with Crippen LogP contribution in [0.4, 0.5) is 0 Å². The summed E-state index contributed by atoms with van der Waals surface area (Å²) in [6.07, 6.45) is 13.5. The fraction of sp³-hybridized carbons (Fsp3) is 0.407. The number of aromatic nitrogens is 2. The van der Waals surface area contributed by atoms with Gasteiger partial charge in [0.1, 0.15) is 0 Å². The van der Waals surface area contributed by atoms with E-state index in [1.54, 1.807) is 0 Å². The number of rotatable bonds is 10. The number of aryl methyl sites for hydroxylation is 2. The zero-order chi connectivity index (χ0) is 20.1. The van der Waals surface area contributed by atoms with Crippen LogP contribution in [-0.4, -0.2) is 9.13 Å². The Hall–Kier alpha value is -2.48. The molecule has 2 heterocycles. The van der Waals surface area contributed by atoms with E-state index in [1.807, 2.05) is 0 Å².